The summed E-state index contributed by atoms with van der Waals surface area (Å²) in [4.78, 5) is 38.8. The Bertz CT molecular complexity index is 1060. The Morgan fingerprint density at radius 2 is 2.10 bits per heavy atom. The summed E-state index contributed by atoms with van der Waals surface area (Å²) in [5.74, 6) is -0.475. The van der Waals surface area contributed by atoms with Crippen LogP contribution in [0.15, 0.2) is 71.7 Å². The van der Waals surface area contributed by atoms with Gasteiger partial charge in [-0.25, -0.2) is 0 Å². The molecule has 0 bridgehead atoms. The molecule has 2 fully saturated rings. The average molecular weight is 418 g/mol. The molecule has 0 aromatic carbocycles. The number of pyridine rings is 2. The Kier molecular flexibility index (Phi) is 4.99. The SMILES string of the molecule is O=C(c1ccco1)N1CC(c2cccnc2)C2(C1)OCCN(Cc1ccccn1)C2=O. The number of carbonyl (C=O) groups excluding carboxylic acids is 2. The van der Waals surface area contributed by atoms with Gasteiger partial charge in [-0.05, 0) is 35.9 Å². The number of carbonyl (C=O) groups is 2. The minimum Gasteiger partial charge on any atom is -0.459 e. The van der Waals surface area contributed by atoms with Crippen LogP contribution in [-0.4, -0.2) is 63.4 Å². The predicted octanol–water partition coefficient (Wildman–Crippen LogP) is 2.11. The lowest BCUT2D eigenvalue weighted by Gasteiger charge is -2.42. The third-order valence-electron chi connectivity index (χ3n) is 5.95. The first-order valence-electron chi connectivity index (χ1n) is 10.2. The molecule has 2 amide bonds. The zero-order valence-electron chi connectivity index (χ0n) is 16.9. The van der Waals surface area contributed by atoms with E-state index in [0.717, 1.165) is 11.3 Å². The molecule has 2 saturated heterocycles. The van der Waals surface area contributed by atoms with Crippen LogP contribution in [0, 0.1) is 0 Å². The summed E-state index contributed by atoms with van der Waals surface area (Å²) in [6.45, 7) is 1.76. The van der Waals surface area contributed by atoms with Crippen LogP contribution in [0.5, 0.6) is 0 Å². The largest absolute Gasteiger partial charge is 0.459 e. The number of hydrogen-bond donors (Lipinski definition) is 0. The van der Waals surface area contributed by atoms with Gasteiger partial charge in [0.25, 0.3) is 11.8 Å². The highest BCUT2D eigenvalue weighted by Crippen LogP contribution is 2.42. The highest BCUT2D eigenvalue weighted by Gasteiger charge is 2.58. The molecule has 2 aliphatic rings. The first-order valence-corrected chi connectivity index (χ1v) is 10.2. The van der Waals surface area contributed by atoms with Crippen LogP contribution < -0.4 is 0 Å². The molecule has 2 atom stereocenters. The molecule has 0 aliphatic carbocycles. The van der Waals surface area contributed by atoms with E-state index in [9.17, 15) is 9.59 Å². The van der Waals surface area contributed by atoms with Crippen LogP contribution in [0.1, 0.15) is 27.7 Å². The third-order valence-corrected chi connectivity index (χ3v) is 5.95. The maximum Gasteiger partial charge on any atom is 0.289 e. The van der Waals surface area contributed by atoms with E-state index in [1.807, 2.05) is 30.3 Å². The highest BCUT2D eigenvalue weighted by molar-refractivity contribution is 5.94. The summed E-state index contributed by atoms with van der Waals surface area (Å²) in [6.07, 6.45) is 6.61. The van der Waals surface area contributed by atoms with Crippen LogP contribution in [0.25, 0.3) is 0 Å². The third kappa shape index (κ3) is 3.48. The van der Waals surface area contributed by atoms with Gasteiger partial charge in [-0.3, -0.25) is 19.6 Å². The van der Waals surface area contributed by atoms with Gasteiger partial charge in [-0.2, -0.15) is 0 Å². The van der Waals surface area contributed by atoms with E-state index in [0.29, 0.717) is 26.2 Å². The number of furan rings is 1. The van der Waals surface area contributed by atoms with Gasteiger partial charge in [0.15, 0.2) is 11.4 Å². The van der Waals surface area contributed by atoms with Gasteiger partial charge in [0.1, 0.15) is 0 Å². The molecule has 31 heavy (non-hydrogen) atoms. The summed E-state index contributed by atoms with van der Waals surface area (Å²) < 4.78 is 11.5. The summed E-state index contributed by atoms with van der Waals surface area (Å²) in [5.41, 5.74) is 0.510. The number of hydrogen-bond acceptors (Lipinski definition) is 6. The second kappa shape index (κ2) is 7.96. The lowest BCUT2D eigenvalue weighted by molar-refractivity contribution is -0.172. The summed E-state index contributed by atoms with van der Waals surface area (Å²) in [6, 6.07) is 12.7. The Balaban J connectivity index is 1.48. The van der Waals surface area contributed by atoms with Crippen molar-refractivity contribution >= 4 is 11.8 Å². The Hall–Kier alpha value is -3.52. The molecule has 3 aromatic heterocycles. The molecule has 1 spiro atoms. The van der Waals surface area contributed by atoms with Crippen molar-refractivity contribution in [2.45, 2.75) is 18.1 Å². The number of nitrogens with zero attached hydrogens (tertiary/aromatic N) is 4. The second-order valence-corrected chi connectivity index (χ2v) is 7.79. The fraction of sp³-hybridized carbons (Fsp3) is 0.304. The summed E-state index contributed by atoms with van der Waals surface area (Å²) in [5, 5.41) is 0. The monoisotopic (exact) mass is 418 g/mol. The lowest BCUT2D eigenvalue weighted by Crippen LogP contribution is -2.60. The normalized spacial score (nSPS) is 23.5. The van der Waals surface area contributed by atoms with Crippen molar-refractivity contribution in [3.05, 3.63) is 84.3 Å². The summed E-state index contributed by atoms with van der Waals surface area (Å²) in [7, 11) is 0. The van der Waals surface area contributed by atoms with Gasteiger partial charge in [0.05, 0.1) is 31.7 Å². The molecule has 0 saturated carbocycles. The molecule has 5 rings (SSSR count). The second-order valence-electron chi connectivity index (χ2n) is 7.79. The van der Waals surface area contributed by atoms with Crippen molar-refractivity contribution in [1.29, 1.82) is 0 Å². The minimum absolute atomic E-state index is 0.131. The molecular formula is C23H22N4O4. The smallest absolute Gasteiger partial charge is 0.289 e. The minimum atomic E-state index is -1.17. The molecule has 2 unspecified atom stereocenters. The average Bonchev–Trinajstić information content (AvgIpc) is 3.47. The van der Waals surface area contributed by atoms with Crippen LogP contribution >= 0.6 is 0 Å². The molecule has 5 heterocycles. The van der Waals surface area contributed by atoms with Crippen molar-refractivity contribution in [2.75, 3.05) is 26.2 Å². The maximum absolute atomic E-state index is 13.8. The van der Waals surface area contributed by atoms with Crippen molar-refractivity contribution in [2.24, 2.45) is 0 Å². The van der Waals surface area contributed by atoms with E-state index in [2.05, 4.69) is 9.97 Å². The van der Waals surface area contributed by atoms with Crippen molar-refractivity contribution in [3.8, 4) is 0 Å². The van der Waals surface area contributed by atoms with Crippen molar-refractivity contribution in [1.82, 2.24) is 19.8 Å². The van der Waals surface area contributed by atoms with E-state index in [1.165, 1.54) is 6.26 Å². The lowest BCUT2D eigenvalue weighted by atomic mass is 9.83. The predicted molar refractivity (Wildman–Crippen MR) is 110 cm³/mol. The molecule has 3 aromatic rings. The van der Waals surface area contributed by atoms with E-state index < -0.39 is 5.60 Å². The van der Waals surface area contributed by atoms with Crippen molar-refractivity contribution in [3.63, 3.8) is 0 Å². The van der Waals surface area contributed by atoms with Gasteiger partial charge in [-0.15, -0.1) is 0 Å². The number of amides is 2. The fourth-order valence-corrected chi connectivity index (χ4v) is 4.46. The van der Waals surface area contributed by atoms with Crippen molar-refractivity contribution < 1.29 is 18.7 Å². The molecule has 0 N–H and O–H groups in total. The number of morpholine rings is 1. The van der Waals surface area contributed by atoms with Gasteiger partial charge >= 0.3 is 0 Å². The molecule has 2 aliphatic heterocycles. The van der Waals surface area contributed by atoms with Gasteiger partial charge < -0.3 is 19.0 Å². The van der Waals surface area contributed by atoms with Gasteiger partial charge in [-0.1, -0.05) is 12.1 Å². The Labute approximate surface area is 179 Å². The van der Waals surface area contributed by atoms with E-state index in [-0.39, 0.29) is 30.0 Å². The van der Waals surface area contributed by atoms with E-state index in [1.54, 1.807) is 40.5 Å². The zero-order chi connectivity index (χ0) is 21.3. The van der Waals surface area contributed by atoms with E-state index >= 15 is 0 Å². The maximum atomic E-state index is 13.8. The first-order chi connectivity index (χ1) is 15.2. The molecule has 158 valence electrons. The number of rotatable bonds is 4. The topological polar surface area (TPSA) is 88.8 Å². The van der Waals surface area contributed by atoms with Crippen LogP contribution in [0.3, 0.4) is 0 Å². The van der Waals surface area contributed by atoms with Gasteiger partial charge in [0.2, 0.25) is 0 Å². The number of aromatic nitrogens is 2. The Morgan fingerprint density at radius 1 is 1.16 bits per heavy atom. The van der Waals surface area contributed by atoms with E-state index in [4.69, 9.17) is 9.15 Å². The van der Waals surface area contributed by atoms with Gasteiger partial charge in [0, 0.05) is 37.6 Å². The van der Waals surface area contributed by atoms with Crippen LogP contribution in [0.2, 0.25) is 0 Å². The Morgan fingerprint density at radius 3 is 2.84 bits per heavy atom. The van der Waals surface area contributed by atoms with Crippen LogP contribution in [-0.2, 0) is 16.1 Å². The standard InChI is InChI=1S/C23H22N4O4/c28-21(20-7-4-11-30-20)27-15-19(17-5-3-8-24-13-17)23(16-27)22(29)26(10-12-31-23)14-18-6-1-2-9-25-18/h1-9,11,13,19H,10,12,14-16H2. The molecule has 0 radical (unpaired) electrons. The fourth-order valence-electron chi connectivity index (χ4n) is 4.46. The first kappa shape index (κ1) is 19.4. The summed E-state index contributed by atoms with van der Waals surface area (Å²) >= 11 is 0. The molecule has 8 nitrogen and oxygen atoms in total. The highest BCUT2D eigenvalue weighted by atomic mass is 16.5. The molecular weight excluding hydrogens is 396 g/mol. The number of ether oxygens (including phenoxy) is 1. The zero-order valence-corrected chi connectivity index (χ0v) is 16.9. The number of likely N-dealkylation sites (tertiary alicyclic amines) is 1. The molecule has 8 heteroatoms. The van der Waals surface area contributed by atoms with Crippen LogP contribution in [0.4, 0.5) is 0 Å². The quantitative estimate of drug-likeness (QED) is 0.645.